The van der Waals surface area contributed by atoms with Crippen molar-refractivity contribution in [3.8, 4) is 0 Å². The zero-order valence-electron chi connectivity index (χ0n) is 11.9. The molecule has 17 heavy (non-hydrogen) atoms. The number of rotatable bonds is 7. The smallest absolute Gasteiger partial charge is 0.0589 e. The van der Waals surface area contributed by atoms with Gasteiger partial charge in [-0.15, -0.1) is 0 Å². The van der Waals surface area contributed by atoms with Crippen LogP contribution in [0.1, 0.15) is 45.4 Å². The SMILES string of the molecule is CCCC1CCC(CN)(N(C)CCOC)CC1. The summed E-state index contributed by atoms with van der Waals surface area (Å²) in [7, 11) is 3.97. The van der Waals surface area contributed by atoms with Crippen molar-refractivity contribution >= 4 is 0 Å². The van der Waals surface area contributed by atoms with E-state index in [0.29, 0.717) is 0 Å². The highest BCUT2D eigenvalue weighted by molar-refractivity contribution is 4.94. The maximum absolute atomic E-state index is 6.05. The summed E-state index contributed by atoms with van der Waals surface area (Å²) in [5, 5.41) is 0. The molecule has 0 aromatic carbocycles. The van der Waals surface area contributed by atoms with Gasteiger partial charge in [-0.2, -0.15) is 0 Å². The zero-order chi connectivity index (χ0) is 12.7. The van der Waals surface area contributed by atoms with Crippen LogP contribution in [0.2, 0.25) is 0 Å². The molecule has 0 bridgehead atoms. The maximum atomic E-state index is 6.05. The first-order valence-corrected chi connectivity index (χ1v) is 7.08. The fourth-order valence-corrected chi connectivity index (χ4v) is 3.12. The lowest BCUT2D eigenvalue weighted by Crippen LogP contribution is -2.54. The van der Waals surface area contributed by atoms with E-state index in [9.17, 15) is 0 Å². The van der Waals surface area contributed by atoms with Crippen molar-refractivity contribution in [1.82, 2.24) is 4.90 Å². The van der Waals surface area contributed by atoms with E-state index >= 15 is 0 Å². The minimum absolute atomic E-state index is 0.239. The first kappa shape index (κ1) is 14.9. The summed E-state index contributed by atoms with van der Waals surface area (Å²) in [6.45, 7) is 4.87. The topological polar surface area (TPSA) is 38.5 Å². The van der Waals surface area contributed by atoms with Gasteiger partial charge in [-0.25, -0.2) is 0 Å². The minimum Gasteiger partial charge on any atom is -0.383 e. The summed E-state index contributed by atoms with van der Waals surface area (Å²) in [4.78, 5) is 2.43. The number of nitrogens with zero attached hydrogens (tertiary/aromatic N) is 1. The summed E-state index contributed by atoms with van der Waals surface area (Å²) < 4.78 is 5.17. The third kappa shape index (κ3) is 3.94. The normalized spacial score (nSPS) is 29.8. The van der Waals surface area contributed by atoms with Crippen LogP contribution in [-0.4, -0.2) is 44.3 Å². The van der Waals surface area contributed by atoms with Crippen molar-refractivity contribution < 1.29 is 4.74 Å². The van der Waals surface area contributed by atoms with Gasteiger partial charge in [-0.3, -0.25) is 4.90 Å². The predicted molar refractivity (Wildman–Crippen MR) is 73.2 cm³/mol. The third-order valence-corrected chi connectivity index (χ3v) is 4.55. The molecule has 0 heterocycles. The molecule has 0 saturated heterocycles. The lowest BCUT2D eigenvalue weighted by molar-refractivity contribution is 0.0415. The van der Waals surface area contributed by atoms with E-state index in [2.05, 4.69) is 18.9 Å². The molecule has 0 radical (unpaired) electrons. The van der Waals surface area contributed by atoms with Gasteiger partial charge in [0.25, 0.3) is 0 Å². The first-order chi connectivity index (χ1) is 8.18. The molecule has 0 amide bonds. The van der Waals surface area contributed by atoms with E-state index in [1.165, 1.54) is 38.5 Å². The average Bonchev–Trinajstić information content (AvgIpc) is 2.37. The van der Waals surface area contributed by atoms with Crippen LogP contribution in [-0.2, 0) is 4.74 Å². The maximum Gasteiger partial charge on any atom is 0.0589 e. The van der Waals surface area contributed by atoms with Crippen LogP contribution in [0, 0.1) is 5.92 Å². The molecule has 2 N–H and O–H groups in total. The fourth-order valence-electron chi connectivity index (χ4n) is 3.12. The highest BCUT2D eigenvalue weighted by atomic mass is 16.5. The van der Waals surface area contributed by atoms with E-state index in [0.717, 1.165) is 25.6 Å². The monoisotopic (exact) mass is 242 g/mol. The second-order valence-electron chi connectivity index (χ2n) is 5.57. The Hall–Kier alpha value is -0.120. The highest BCUT2D eigenvalue weighted by Crippen LogP contribution is 2.37. The lowest BCUT2D eigenvalue weighted by Gasteiger charge is -2.46. The second kappa shape index (κ2) is 7.34. The van der Waals surface area contributed by atoms with Crippen LogP contribution in [0.4, 0.5) is 0 Å². The molecule has 1 saturated carbocycles. The summed E-state index contributed by atoms with van der Waals surface area (Å²) in [6.07, 6.45) is 7.93. The zero-order valence-corrected chi connectivity index (χ0v) is 11.9. The van der Waals surface area contributed by atoms with Crippen LogP contribution < -0.4 is 5.73 Å². The molecule has 1 fully saturated rings. The van der Waals surface area contributed by atoms with Crippen molar-refractivity contribution in [2.75, 3.05) is 33.9 Å². The molecule has 0 aliphatic heterocycles. The molecule has 3 nitrogen and oxygen atoms in total. The van der Waals surface area contributed by atoms with Gasteiger partial charge in [0.15, 0.2) is 0 Å². The Labute approximate surface area is 107 Å². The van der Waals surface area contributed by atoms with E-state index < -0.39 is 0 Å². The highest BCUT2D eigenvalue weighted by Gasteiger charge is 2.36. The van der Waals surface area contributed by atoms with Crippen molar-refractivity contribution in [2.45, 2.75) is 51.0 Å². The third-order valence-electron chi connectivity index (χ3n) is 4.55. The van der Waals surface area contributed by atoms with Gasteiger partial charge in [0.1, 0.15) is 0 Å². The Morgan fingerprint density at radius 3 is 2.47 bits per heavy atom. The van der Waals surface area contributed by atoms with Gasteiger partial charge >= 0.3 is 0 Å². The molecule has 1 rings (SSSR count). The molecule has 0 aromatic rings. The van der Waals surface area contributed by atoms with E-state index in [-0.39, 0.29) is 5.54 Å². The summed E-state index contributed by atoms with van der Waals surface area (Å²) >= 11 is 0. The van der Waals surface area contributed by atoms with Crippen LogP contribution in [0.5, 0.6) is 0 Å². The lowest BCUT2D eigenvalue weighted by atomic mass is 9.74. The Bertz CT molecular complexity index is 200. The fraction of sp³-hybridized carbons (Fsp3) is 1.00. The standard InChI is InChI=1S/C14H30N2O/c1-4-5-13-6-8-14(12-15,9-7-13)16(2)10-11-17-3/h13H,4-12,15H2,1-3H3. The van der Waals surface area contributed by atoms with E-state index in [4.69, 9.17) is 10.5 Å². The number of hydrogen-bond donors (Lipinski definition) is 1. The summed E-state index contributed by atoms with van der Waals surface area (Å²) in [6, 6.07) is 0. The molecule has 1 aliphatic rings. The molecular formula is C14H30N2O. The Morgan fingerprint density at radius 2 is 2.00 bits per heavy atom. The Kier molecular flexibility index (Phi) is 6.45. The second-order valence-corrected chi connectivity index (χ2v) is 5.57. The summed E-state index contributed by atoms with van der Waals surface area (Å²) in [5.74, 6) is 0.940. The number of hydrogen-bond acceptors (Lipinski definition) is 3. The van der Waals surface area contributed by atoms with Gasteiger partial charge < -0.3 is 10.5 Å². The van der Waals surface area contributed by atoms with Gasteiger partial charge in [-0.1, -0.05) is 19.8 Å². The summed E-state index contributed by atoms with van der Waals surface area (Å²) in [5.41, 5.74) is 6.29. The Balaban J connectivity index is 2.48. The van der Waals surface area contributed by atoms with Crippen LogP contribution in [0.15, 0.2) is 0 Å². The molecule has 102 valence electrons. The van der Waals surface area contributed by atoms with Gasteiger partial charge in [0, 0.05) is 25.7 Å². The van der Waals surface area contributed by atoms with Crippen LogP contribution >= 0.6 is 0 Å². The Morgan fingerprint density at radius 1 is 1.35 bits per heavy atom. The van der Waals surface area contributed by atoms with E-state index in [1.54, 1.807) is 7.11 Å². The minimum atomic E-state index is 0.239. The predicted octanol–water partition coefficient (Wildman–Crippen LogP) is 2.25. The van der Waals surface area contributed by atoms with Crippen molar-refractivity contribution in [3.05, 3.63) is 0 Å². The molecular weight excluding hydrogens is 212 g/mol. The molecule has 1 aliphatic carbocycles. The molecule has 0 spiro atoms. The number of ether oxygens (including phenoxy) is 1. The average molecular weight is 242 g/mol. The number of likely N-dealkylation sites (N-methyl/N-ethyl adjacent to an activating group) is 1. The van der Waals surface area contributed by atoms with Crippen molar-refractivity contribution in [3.63, 3.8) is 0 Å². The van der Waals surface area contributed by atoms with Crippen LogP contribution in [0.25, 0.3) is 0 Å². The van der Waals surface area contributed by atoms with Crippen molar-refractivity contribution in [1.29, 1.82) is 0 Å². The quantitative estimate of drug-likeness (QED) is 0.744. The van der Waals surface area contributed by atoms with Crippen molar-refractivity contribution in [2.24, 2.45) is 11.7 Å². The largest absolute Gasteiger partial charge is 0.383 e. The van der Waals surface area contributed by atoms with E-state index in [1.807, 2.05) is 0 Å². The molecule has 0 unspecified atom stereocenters. The van der Waals surface area contributed by atoms with Gasteiger partial charge in [-0.05, 0) is 38.6 Å². The van der Waals surface area contributed by atoms with Gasteiger partial charge in [0.05, 0.1) is 6.61 Å². The molecule has 0 atom stereocenters. The number of methoxy groups -OCH3 is 1. The van der Waals surface area contributed by atoms with Gasteiger partial charge in [0.2, 0.25) is 0 Å². The number of nitrogens with two attached hydrogens (primary N) is 1. The first-order valence-electron chi connectivity index (χ1n) is 7.08. The molecule has 0 aromatic heterocycles. The molecule has 3 heteroatoms. The van der Waals surface area contributed by atoms with Crippen LogP contribution in [0.3, 0.4) is 0 Å².